The molecule has 2 aromatic rings. The van der Waals surface area contributed by atoms with Gasteiger partial charge in [-0.15, -0.1) is 0 Å². The summed E-state index contributed by atoms with van der Waals surface area (Å²) in [5.41, 5.74) is 0.782. The molecule has 1 aromatic heterocycles. The first-order chi connectivity index (χ1) is 9.15. The number of carboxylic acid groups (broad SMARTS) is 1. The highest BCUT2D eigenvalue weighted by Gasteiger charge is 2.19. The third kappa shape index (κ3) is 3.84. The lowest BCUT2D eigenvalue weighted by Crippen LogP contribution is -2.20. The van der Waals surface area contributed by atoms with Crippen LogP contribution in [0, 0.1) is 11.7 Å². The summed E-state index contributed by atoms with van der Waals surface area (Å²) in [5.74, 6) is -1.36. The van der Waals surface area contributed by atoms with Crippen LogP contribution in [0.15, 0.2) is 42.7 Å². The van der Waals surface area contributed by atoms with Gasteiger partial charge in [-0.25, -0.2) is 14.4 Å². The molecule has 2 rings (SSSR count). The number of hydrogen-bond donors (Lipinski definition) is 1. The number of benzene rings is 1. The fourth-order valence-corrected chi connectivity index (χ4v) is 1.81. The van der Waals surface area contributed by atoms with Crippen molar-refractivity contribution in [2.75, 3.05) is 0 Å². The molecule has 1 atom stereocenters. The largest absolute Gasteiger partial charge is 0.481 e. The standard InChI is InChI=1S/C14H13FN2O2/c15-12-4-2-10(3-5-12)8-11(14(18)19)9-13-16-6-1-7-17-13/h1-7,11H,8-9H2,(H,18,19). The Labute approximate surface area is 110 Å². The molecule has 0 aliphatic heterocycles. The van der Waals surface area contributed by atoms with Crippen LogP contribution in [-0.4, -0.2) is 21.0 Å². The minimum absolute atomic E-state index is 0.257. The summed E-state index contributed by atoms with van der Waals surface area (Å²) in [6, 6.07) is 7.52. The number of carbonyl (C=O) groups is 1. The van der Waals surface area contributed by atoms with Crippen LogP contribution in [0.25, 0.3) is 0 Å². The van der Waals surface area contributed by atoms with Gasteiger partial charge in [0.1, 0.15) is 11.6 Å². The number of aliphatic carboxylic acids is 1. The first-order valence-electron chi connectivity index (χ1n) is 5.88. The zero-order chi connectivity index (χ0) is 13.7. The Morgan fingerprint density at radius 1 is 1.16 bits per heavy atom. The van der Waals surface area contributed by atoms with E-state index in [-0.39, 0.29) is 12.2 Å². The van der Waals surface area contributed by atoms with Gasteiger partial charge in [0.2, 0.25) is 0 Å². The van der Waals surface area contributed by atoms with Crippen LogP contribution in [0.4, 0.5) is 4.39 Å². The fraction of sp³-hybridized carbons (Fsp3) is 0.214. The SMILES string of the molecule is O=C(O)C(Cc1ccc(F)cc1)Cc1ncccn1. The van der Waals surface area contributed by atoms with Gasteiger partial charge in [-0.2, -0.15) is 0 Å². The predicted molar refractivity (Wildman–Crippen MR) is 67.0 cm³/mol. The average molecular weight is 260 g/mol. The second-order valence-electron chi connectivity index (χ2n) is 4.23. The second-order valence-corrected chi connectivity index (χ2v) is 4.23. The van der Waals surface area contributed by atoms with Gasteiger partial charge in [0.15, 0.2) is 0 Å². The lowest BCUT2D eigenvalue weighted by molar-refractivity contribution is -0.141. The van der Waals surface area contributed by atoms with Crippen LogP contribution in [-0.2, 0) is 17.6 Å². The van der Waals surface area contributed by atoms with E-state index in [4.69, 9.17) is 0 Å². The van der Waals surface area contributed by atoms with E-state index in [2.05, 4.69) is 9.97 Å². The molecule has 1 aromatic carbocycles. The Morgan fingerprint density at radius 3 is 2.37 bits per heavy atom. The third-order valence-corrected chi connectivity index (χ3v) is 2.79. The van der Waals surface area contributed by atoms with E-state index >= 15 is 0 Å². The van der Waals surface area contributed by atoms with Gasteiger partial charge < -0.3 is 5.11 Å². The van der Waals surface area contributed by atoms with Gasteiger partial charge in [-0.1, -0.05) is 12.1 Å². The Balaban J connectivity index is 2.08. The van der Waals surface area contributed by atoms with Gasteiger partial charge in [0.25, 0.3) is 0 Å². The van der Waals surface area contributed by atoms with Gasteiger partial charge in [0, 0.05) is 18.8 Å². The Kier molecular flexibility index (Phi) is 4.18. The molecule has 0 bridgehead atoms. The molecule has 1 unspecified atom stereocenters. The lowest BCUT2D eigenvalue weighted by atomic mass is 9.96. The minimum atomic E-state index is -0.906. The Hall–Kier alpha value is -2.30. The second kappa shape index (κ2) is 6.04. The monoisotopic (exact) mass is 260 g/mol. The zero-order valence-corrected chi connectivity index (χ0v) is 10.2. The molecule has 0 spiro atoms. The summed E-state index contributed by atoms with van der Waals surface area (Å²) in [4.78, 5) is 19.3. The van der Waals surface area contributed by atoms with Crippen LogP contribution in [0.5, 0.6) is 0 Å². The summed E-state index contributed by atoms with van der Waals surface area (Å²) in [6.45, 7) is 0. The highest BCUT2D eigenvalue weighted by molar-refractivity contribution is 5.70. The van der Waals surface area contributed by atoms with Crippen molar-refractivity contribution in [1.29, 1.82) is 0 Å². The van der Waals surface area contributed by atoms with Gasteiger partial charge in [-0.05, 0) is 30.2 Å². The molecule has 0 aliphatic carbocycles. The molecule has 0 saturated heterocycles. The van der Waals surface area contributed by atoms with Crippen molar-refractivity contribution in [1.82, 2.24) is 9.97 Å². The van der Waals surface area contributed by atoms with Crippen molar-refractivity contribution < 1.29 is 14.3 Å². The molecular formula is C14H13FN2O2. The van der Waals surface area contributed by atoms with Crippen LogP contribution >= 0.6 is 0 Å². The van der Waals surface area contributed by atoms with Gasteiger partial charge in [-0.3, -0.25) is 4.79 Å². The van der Waals surface area contributed by atoms with Crippen molar-refractivity contribution in [3.8, 4) is 0 Å². The van der Waals surface area contributed by atoms with Crippen LogP contribution in [0.3, 0.4) is 0 Å². The first-order valence-corrected chi connectivity index (χ1v) is 5.88. The number of aromatic nitrogens is 2. The zero-order valence-electron chi connectivity index (χ0n) is 10.2. The molecule has 4 nitrogen and oxygen atoms in total. The molecule has 0 saturated carbocycles. The van der Waals surface area contributed by atoms with E-state index in [1.165, 1.54) is 12.1 Å². The summed E-state index contributed by atoms with van der Waals surface area (Å²) >= 11 is 0. The molecule has 0 fully saturated rings. The summed E-state index contributed by atoms with van der Waals surface area (Å²) in [5, 5.41) is 9.22. The average Bonchev–Trinajstić information content (AvgIpc) is 2.41. The van der Waals surface area contributed by atoms with Crippen molar-refractivity contribution in [2.45, 2.75) is 12.8 Å². The summed E-state index contributed by atoms with van der Waals surface area (Å²) in [7, 11) is 0. The van der Waals surface area contributed by atoms with Crippen molar-refractivity contribution in [3.63, 3.8) is 0 Å². The van der Waals surface area contributed by atoms with Crippen molar-refractivity contribution >= 4 is 5.97 Å². The quantitative estimate of drug-likeness (QED) is 0.894. The maximum absolute atomic E-state index is 12.8. The highest BCUT2D eigenvalue weighted by atomic mass is 19.1. The van der Waals surface area contributed by atoms with E-state index in [9.17, 15) is 14.3 Å². The number of hydrogen-bond acceptors (Lipinski definition) is 3. The predicted octanol–water partition coefficient (Wildman–Crippen LogP) is 2.10. The Bertz CT molecular complexity index is 543. The smallest absolute Gasteiger partial charge is 0.307 e. The Morgan fingerprint density at radius 2 is 1.79 bits per heavy atom. The normalized spacial score (nSPS) is 12.1. The van der Waals surface area contributed by atoms with Crippen LogP contribution in [0.2, 0.25) is 0 Å². The lowest BCUT2D eigenvalue weighted by Gasteiger charge is -2.11. The number of carboxylic acids is 1. The topological polar surface area (TPSA) is 63.1 Å². The van der Waals surface area contributed by atoms with Crippen LogP contribution in [0.1, 0.15) is 11.4 Å². The molecule has 0 aliphatic rings. The molecule has 1 heterocycles. The molecule has 0 radical (unpaired) electrons. The molecular weight excluding hydrogens is 247 g/mol. The number of rotatable bonds is 5. The van der Waals surface area contributed by atoms with E-state index in [1.54, 1.807) is 30.6 Å². The fourth-order valence-electron chi connectivity index (χ4n) is 1.81. The molecule has 5 heteroatoms. The highest BCUT2D eigenvalue weighted by Crippen LogP contribution is 2.13. The number of halogens is 1. The van der Waals surface area contributed by atoms with Crippen molar-refractivity contribution in [3.05, 3.63) is 59.9 Å². The van der Waals surface area contributed by atoms with E-state index in [0.717, 1.165) is 5.56 Å². The van der Waals surface area contributed by atoms with Crippen molar-refractivity contribution in [2.24, 2.45) is 5.92 Å². The summed E-state index contributed by atoms with van der Waals surface area (Å²) < 4.78 is 12.8. The molecule has 19 heavy (non-hydrogen) atoms. The summed E-state index contributed by atoms with van der Waals surface area (Å²) in [6.07, 6.45) is 3.75. The maximum atomic E-state index is 12.8. The first kappa shape index (κ1) is 13.1. The third-order valence-electron chi connectivity index (χ3n) is 2.79. The maximum Gasteiger partial charge on any atom is 0.307 e. The van der Waals surface area contributed by atoms with E-state index < -0.39 is 11.9 Å². The van der Waals surface area contributed by atoms with E-state index in [0.29, 0.717) is 12.2 Å². The minimum Gasteiger partial charge on any atom is -0.481 e. The molecule has 1 N–H and O–H groups in total. The molecule has 98 valence electrons. The number of nitrogens with zero attached hydrogens (tertiary/aromatic N) is 2. The van der Waals surface area contributed by atoms with E-state index in [1.807, 2.05) is 0 Å². The van der Waals surface area contributed by atoms with Crippen LogP contribution < -0.4 is 0 Å². The van der Waals surface area contributed by atoms with Gasteiger partial charge >= 0.3 is 5.97 Å². The molecule has 0 amide bonds. The van der Waals surface area contributed by atoms with Gasteiger partial charge in [0.05, 0.1) is 5.92 Å².